The molecular formula is C26H37NO3. The van der Waals surface area contributed by atoms with Crippen LogP contribution in [0, 0.1) is 5.92 Å². The van der Waals surface area contributed by atoms with E-state index in [1.807, 2.05) is 57.2 Å². The average Bonchev–Trinajstić information content (AvgIpc) is 2.65. The first-order valence-electron chi connectivity index (χ1n) is 10.9. The number of nitrogens with zero attached hydrogens (tertiary/aromatic N) is 1. The normalized spacial score (nSPS) is 14.0. The van der Waals surface area contributed by atoms with Crippen molar-refractivity contribution in [3.05, 3.63) is 71.8 Å². The van der Waals surface area contributed by atoms with E-state index in [0.717, 1.165) is 6.42 Å². The molecule has 164 valence electrons. The van der Waals surface area contributed by atoms with E-state index in [4.69, 9.17) is 4.74 Å². The van der Waals surface area contributed by atoms with Gasteiger partial charge in [-0.3, -0.25) is 9.69 Å². The summed E-state index contributed by atoms with van der Waals surface area (Å²) in [6.07, 6.45) is -0.00655. The van der Waals surface area contributed by atoms with Crippen molar-refractivity contribution in [1.29, 1.82) is 0 Å². The fourth-order valence-electron chi connectivity index (χ4n) is 3.65. The van der Waals surface area contributed by atoms with Crippen LogP contribution in [0.3, 0.4) is 0 Å². The molecule has 0 aliphatic heterocycles. The van der Waals surface area contributed by atoms with Gasteiger partial charge in [0.05, 0.1) is 12.5 Å². The molecule has 0 saturated heterocycles. The summed E-state index contributed by atoms with van der Waals surface area (Å²) in [5.41, 5.74) is 1.82. The number of aliphatic hydroxyl groups excluding tert-OH is 1. The molecule has 1 N–H and O–H groups in total. The molecule has 0 heterocycles. The number of benzene rings is 2. The second kappa shape index (κ2) is 11.3. The summed E-state index contributed by atoms with van der Waals surface area (Å²) in [5.74, 6) is 0.0282. The molecular weight excluding hydrogens is 374 g/mol. The summed E-state index contributed by atoms with van der Waals surface area (Å²) >= 11 is 0. The van der Waals surface area contributed by atoms with Gasteiger partial charge in [0.2, 0.25) is 0 Å². The molecule has 0 aromatic heterocycles. The molecule has 0 aliphatic carbocycles. The van der Waals surface area contributed by atoms with E-state index in [0.29, 0.717) is 19.0 Å². The van der Waals surface area contributed by atoms with Crippen molar-refractivity contribution < 1.29 is 14.6 Å². The maximum atomic E-state index is 12.4. The van der Waals surface area contributed by atoms with Gasteiger partial charge in [0, 0.05) is 19.1 Å². The molecule has 4 nitrogen and oxygen atoms in total. The highest BCUT2D eigenvalue weighted by molar-refractivity contribution is 5.70. The monoisotopic (exact) mass is 411 g/mol. The topological polar surface area (TPSA) is 49.8 Å². The molecule has 30 heavy (non-hydrogen) atoms. The van der Waals surface area contributed by atoms with E-state index in [-0.39, 0.29) is 18.4 Å². The van der Waals surface area contributed by atoms with Crippen LogP contribution in [0.4, 0.5) is 0 Å². The third kappa shape index (κ3) is 8.68. The highest BCUT2D eigenvalue weighted by atomic mass is 16.6. The minimum Gasteiger partial charge on any atom is -0.460 e. The molecule has 0 bridgehead atoms. The Morgan fingerprint density at radius 3 is 1.80 bits per heavy atom. The van der Waals surface area contributed by atoms with E-state index >= 15 is 0 Å². The van der Waals surface area contributed by atoms with Gasteiger partial charge in [-0.1, -0.05) is 74.5 Å². The van der Waals surface area contributed by atoms with Crippen molar-refractivity contribution in [1.82, 2.24) is 4.90 Å². The molecule has 0 unspecified atom stereocenters. The molecule has 2 atom stereocenters. The molecule has 0 radical (unpaired) electrons. The molecule has 4 heteroatoms. The Hall–Kier alpha value is -2.17. The van der Waals surface area contributed by atoms with E-state index in [1.165, 1.54) is 11.1 Å². The Balaban J connectivity index is 2.25. The van der Waals surface area contributed by atoms with Gasteiger partial charge in [-0.15, -0.1) is 0 Å². The third-order valence-corrected chi connectivity index (χ3v) is 4.88. The Labute approximate surface area is 181 Å². The lowest BCUT2D eigenvalue weighted by Crippen LogP contribution is -2.45. The number of hydrogen-bond donors (Lipinski definition) is 1. The molecule has 0 fully saturated rings. The minimum atomic E-state index is -0.797. The summed E-state index contributed by atoms with van der Waals surface area (Å²) in [6.45, 7) is 11.3. The first-order chi connectivity index (χ1) is 14.1. The minimum absolute atomic E-state index is 0.00522. The van der Waals surface area contributed by atoms with E-state index < -0.39 is 11.7 Å². The van der Waals surface area contributed by atoms with E-state index in [1.54, 1.807) is 0 Å². The number of carbonyl (C=O) groups is 1. The lowest BCUT2D eigenvalue weighted by molar-refractivity contribution is -0.158. The van der Waals surface area contributed by atoms with Crippen LogP contribution in [0.15, 0.2) is 60.7 Å². The summed E-state index contributed by atoms with van der Waals surface area (Å²) < 4.78 is 5.46. The Morgan fingerprint density at radius 1 is 0.933 bits per heavy atom. The summed E-state index contributed by atoms with van der Waals surface area (Å²) in [7, 11) is 0. The van der Waals surface area contributed by atoms with Crippen LogP contribution in [0.2, 0.25) is 0 Å². The molecule has 2 aromatic carbocycles. The quantitative estimate of drug-likeness (QED) is 0.546. The molecule has 0 aliphatic rings. The fraction of sp³-hybridized carbons (Fsp3) is 0.500. The molecule has 0 spiro atoms. The van der Waals surface area contributed by atoms with Crippen molar-refractivity contribution in [2.75, 3.05) is 0 Å². The van der Waals surface area contributed by atoms with Crippen LogP contribution >= 0.6 is 0 Å². The number of aliphatic hydroxyl groups is 1. The Kier molecular flexibility index (Phi) is 9.07. The largest absolute Gasteiger partial charge is 0.460 e. The van der Waals surface area contributed by atoms with Gasteiger partial charge in [0.1, 0.15) is 5.60 Å². The smallest absolute Gasteiger partial charge is 0.308 e. The number of ether oxygens (including phenoxy) is 1. The average molecular weight is 412 g/mol. The number of carbonyl (C=O) groups excluding carboxylic acids is 1. The standard InChI is InChI=1S/C26H37NO3/c1-20(2)16-23(24(28)17-25(29)30-26(3,4)5)27(18-21-12-8-6-9-13-21)19-22-14-10-7-11-15-22/h6-15,20,23-24,28H,16-19H2,1-5H3/t23-,24-/m0/s1. The van der Waals surface area contributed by atoms with Crippen LogP contribution in [0.25, 0.3) is 0 Å². The lowest BCUT2D eigenvalue weighted by Gasteiger charge is -2.36. The van der Waals surface area contributed by atoms with Gasteiger partial charge >= 0.3 is 5.97 Å². The summed E-state index contributed by atoms with van der Waals surface area (Å²) in [5, 5.41) is 11.1. The van der Waals surface area contributed by atoms with Crippen molar-refractivity contribution in [2.24, 2.45) is 5.92 Å². The van der Waals surface area contributed by atoms with Crippen molar-refractivity contribution in [2.45, 2.75) is 78.3 Å². The van der Waals surface area contributed by atoms with Gasteiger partial charge in [-0.05, 0) is 44.2 Å². The zero-order chi connectivity index (χ0) is 22.1. The predicted octanol–water partition coefficient (Wildman–Crippen LogP) is 5.20. The van der Waals surface area contributed by atoms with Crippen molar-refractivity contribution in [3.8, 4) is 0 Å². The van der Waals surface area contributed by atoms with E-state index in [9.17, 15) is 9.90 Å². The van der Waals surface area contributed by atoms with E-state index in [2.05, 4.69) is 43.0 Å². The van der Waals surface area contributed by atoms with Crippen LogP contribution in [-0.2, 0) is 22.6 Å². The Bertz CT molecular complexity index is 711. The Morgan fingerprint density at radius 2 is 1.40 bits per heavy atom. The van der Waals surface area contributed by atoms with Crippen LogP contribution in [0.1, 0.15) is 58.6 Å². The number of hydrogen-bond acceptors (Lipinski definition) is 4. The van der Waals surface area contributed by atoms with Gasteiger partial charge in [0.25, 0.3) is 0 Å². The van der Waals surface area contributed by atoms with Gasteiger partial charge in [-0.2, -0.15) is 0 Å². The maximum Gasteiger partial charge on any atom is 0.308 e. The molecule has 0 saturated carbocycles. The molecule has 2 aromatic rings. The second-order valence-electron chi connectivity index (χ2n) is 9.43. The zero-order valence-corrected chi connectivity index (χ0v) is 19.0. The second-order valence-corrected chi connectivity index (χ2v) is 9.43. The SMILES string of the molecule is CC(C)C[C@@H]([C@@H](O)CC(=O)OC(C)(C)C)N(Cc1ccccc1)Cc1ccccc1. The van der Waals surface area contributed by atoms with Crippen molar-refractivity contribution in [3.63, 3.8) is 0 Å². The van der Waals surface area contributed by atoms with Gasteiger partial charge in [0.15, 0.2) is 0 Å². The first kappa shape index (κ1) is 24.1. The summed E-state index contributed by atoms with van der Waals surface area (Å²) in [4.78, 5) is 14.7. The summed E-state index contributed by atoms with van der Waals surface area (Å²) in [6, 6.07) is 20.4. The maximum absolute atomic E-state index is 12.4. The number of esters is 1. The van der Waals surface area contributed by atoms with Gasteiger partial charge in [-0.25, -0.2) is 0 Å². The number of rotatable bonds is 10. The van der Waals surface area contributed by atoms with Crippen LogP contribution in [-0.4, -0.2) is 33.7 Å². The highest BCUT2D eigenvalue weighted by Gasteiger charge is 2.30. The van der Waals surface area contributed by atoms with Gasteiger partial charge < -0.3 is 9.84 Å². The van der Waals surface area contributed by atoms with Crippen LogP contribution in [0.5, 0.6) is 0 Å². The zero-order valence-electron chi connectivity index (χ0n) is 19.0. The predicted molar refractivity (Wildman–Crippen MR) is 122 cm³/mol. The van der Waals surface area contributed by atoms with Crippen molar-refractivity contribution >= 4 is 5.97 Å². The highest BCUT2D eigenvalue weighted by Crippen LogP contribution is 2.23. The fourth-order valence-corrected chi connectivity index (χ4v) is 3.65. The van der Waals surface area contributed by atoms with Crippen LogP contribution < -0.4 is 0 Å². The first-order valence-corrected chi connectivity index (χ1v) is 10.9. The third-order valence-electron chi connectivity index (χ3n) is 4.88. The molecule has 0 amide bonds. The molecule has 2 rings (SSSR count). The lowest BCUT2D eigenvalue weighted by atomic mass is 9.94.